The van der Waals surface area contributed by atoms with Gasteiger partial charge in [0.1, 0.15) is 0 Å². The summed E-state index contributed by atoms with van der Waals surface area (Å²) in [5.74, 6) is 1.91. The van der Waals surface area contributed by atoms with E-state index in [0.717, 1.165) is 29.0 Å². The van der Waals surface area contributed by atoms with Crippen LogP contribution in [0.15, 0.2) is 29.6 Å². The number of hydrogen-bond donors (Lipinski definition) is 1. The molecule has 2 heterocycles. The predicted octanol–water partition coefficient (Wildman–Crippen LogP) is 2.99. The van der Waals surface area contributed by atoms with Crippen molar-refractivity contribution in [2.45, 2.75) is 43.8 Å². The van der Waals surface area contributed by atoms with E-state index >= 15 is 0 Å². The fourth-order valence-electron chi connectivity index (χ4n) is 3.07. The van der Waals surface area contributed by atoms with Crippen molar-refractivity contribution < 1.29 is 0 Å². The topological polar surface area (TPSA) is 42.2 Å². The van der Waals surface area contributed by atoms with E-state index in [-0.39, 0.29) is 0 Å². The van der Waals surface area contributed by atoms with Gasteiger partial charge in [0.05, 0.1) is 0 Å². The van der Waals surface area contributed by atoms with Crippen LogP contribution in [0.4, 0.5) is 0 Å². The highest BCUT2D eigenvalue weighted by molar-refractivity contribution is 7.99. The minimum absolute atomic E-state index is 0.601. The molecule has 108 valence electrons. The smallest absolute Gasteiger partial charge is 0.195 e. The number of hydrogen-bond acceptors (Lipinski definition) is 4. The molecule has 5 heteroatoms. The van der Waals surface area contributed by atoms with Gasteiger partial charge in [-0.2, -0.15) is 0 Å². The summed E-state index contributed by atoms with van der Waals surface area (Å²) in [7, 11) is 0. The molecule has 1 unspecified atom stereocenters. The number of rotatable bonds is 6. The third-order valence-electron chi connectivity index (χ3n) is 4.11. The third-order valence-corrected chi connectivity index (χ3v) is 5.17. The van der Waals surface area contributed by atoms with Gasteiger partial charge in [-0.15, -0.1) is 10.2 Å². The highest BCUT2D eigenvalue weighted by Crippen LogP contribution is 2.30. The first-order valence-corrected chi connectivity index (χ1v) is 8.53. The van der Waals surface area contributed by atoms with E-state index in [9.17, 15) is 0 Å². The first kappa shape index (κ1) is 13.9. The van der Waals surface area contributed by atoms with Crippen LogP contribution in [0.25, 0.3) is 5.65 Å². The van der Waals surface area contributed by atoms with Gasteiger partial charge in [-0.3, -0.25) is 4.40 Å². The molecule has 0 radical (unpaired) electrons. The van der Waals surface area contributed by atoms with Crippen LogP contribution < -0.4 is 5.32 Å². The van der Waals surface area contributed by atoms with Gasteiger partial charge < -0.3 is 5.32 Å². The molecule has 1 aliphatic rings. The summed E-state index contributed by atoms with van der Waals surface area (Å²) < 4.78 is 2.07. The van der Waals surface area contributed by atoms with Crippen molar-refractivity contribution in [2.75, 3.05) is 12.3 Å². The van der Waals surface area contributed by atoms with Crippen molar-refractivity contribution in [1.29, 1.82) is 0 Å². The van der Waals surface area contributed by atoms with Gasteiger partial charge in [0.15, 0.2) is 10.8 Å². The van der Waals surface area contributed by atoms with E-state index < -0.39 is 0 Å². The van der Waals surface area contributed by atoms with Gasteiger partial charge in [-0.05, 0) is 37.4 Å². The summed E-state index contributed by atoms with van der Waals surface area (Å²) in [6.07, 6.45) is 7.57. The molecule has 1 aliphatic carbocycles. The number of fused-ring (bicyclic) bond motifs is 1. The highest BCUT2D eigenvalue weighted by atomic mass is 32.2. The standard InChI is InChI=1S/C15H22N4S/c1-2-16-13(12-7-3-4-8-12)11-20-15-18-17-14-9-5-6-10-19(14)15/h5-6,9-10,12-13,16H,2-4,7-8,11H2,1H3. The fourth-order valence-corrected chi connectivity index (χ4v) is 4.18. The first-order chi connectivity index (χ1) is 9.88. The molecule has 4 nitrogen and oxygen atoms in total. The Morgan fingerprint density at radius 2 is 2.20 bits per heavy atom. The second kappa shape index (κ2) is 6.59. The summed E-state index contributed by atoms with van der Waals surface area (Å²) in [5, 5.41) is 13.2. The maximum atomic E-state index is 4.30. The Labute approximate surface area is 124 Å². The number of thioether (sulfide) groups is 1. The molecule has 0 aromatic carbocycles. The van der Waals surface area contributed by atoms with Crippen molar-refractivity contribution >= 4 is 17.4 Å². The zero-order valence-corrected chi connectivity index (χ0v) is 12.8. The van der Waals surface area contributed by atoms with Crippen LogP contribution >= 0.6 is 11.8 Å². The third kappa shape index (κ3) is 2.99. The predicted molar refractivity (Wildman–Crippen MR) is 83.1 cm³/mol. The fraction of sp³-hybridized carbons (Fsp3) is 0.600. The van der Waals surface area contributed by atoms with Gasteiger partial charge in [-0.25, -0.2) is 0 Å². The second-order valence-corrected chi connectivity index (χ2v) is 6.42. The van der Waals surface area contributed by atoms with Gasteiger partial charge in [-0.1, -0.05) is 37.6 Å². The average molecular weight is 290 g/mol. The van der Waals surface area contributed by atoms with Gasteiger partial charge in [0.25, 0.3) is 0 Å². The molecule has 1 saturated carbocycles. The zero-order valence-electron chi connectivity index (χ0n) is 12.0. The van der Waals surface area contributed by atoms with E-state index in [1.165, 1.54) is 25.7 Å². The molecule has 0 bridgehead atoms. The minimum Gasteiger partial charge on any atom is -0.313 e. The maximum absolute atomic E-state index is 4.30. The summed E-state index contributed by atoms with van der Waals surface area (Å²) in [6, 6.07) is 6.62. The quantitative estimate of drug-likeness (QED) is 0.831. The minimum atomic E-state index is 0.601. The Bertz CT molecular complexity index is 548. The van der Waals surface area contributed by atoms with Crippen molar-refractivity contribution in [3.8, 4) is 0 Å². The molecule has 0 saturated heterocycles. The molecule has 3 rings (SSSR count). The lowest BCUT2D eigenvalue weighted by molar-refractivity contribution is 0.394. The lowest BCUT2D eigenvalue weighted by Gasteiger charge is -2.23. The lowest BCUT2D eigenvalue weighted by Crippen LogP contribution is -2.37. The Morgan fingerprint density at radius 1 is 1.35 bits per heavy atom. The van der Waals surface area contributed by atoms with Crippen LogP contribution in [0.5, 0.6) is 0 Å². The Kier molecular flexibility index (Phi) is 4.58. The number of aromatic nitrogens is 3. The van der Waals surface area contributed by atoms with Crippen molar-refractivity contribution in [3.05, 3.63) is 24.4 Å². The Morgan fingerprint density at radius 3 is 3.00 bits per heavy atom. The first-order valence-electron chi connectivity index (χ1n) is 7.54. The average Bonchev–Trinajstić information content (AvgIpc) is 3.13. The van der Waals surface area contributed by atoms with Crippen LogP contribution in [0.2, 0.25) is 0 Å². The van der Waals surface area contributed by atoms with Crippen molar-refractivity contribution in [1.82, 2.24) is 19.9 Å². The molecule has 0 amide bonds. The van der Waals surface area contributed by atoms with E-state index in [0.29, 0.717) is 6.04 Å². The van der Waals surface area contributed by atoms with Crippen molar-refractivity contribution in [3.63, 3.8) is 0 Å². The van der Waals surface area contributed by atoms with Crippen LogP contribution in [0, 0.1) is 5.92 Å². The summed E-state index contributed by atoms with van der Waals surface area (Å²) in [4.78, 5) is 0. The molecule has 1 atom stereocenters. The van der Waals surface area contributed by atoms with E-state index in [4.69, 9.17) is 0 Å². The second-order valence-electron chi connectivity index (χ2n) is 5.43. The molecule has 2 aromatic rings. The molecule has 20 heavy (non-hydrogen) atoms. The zero-order chi connectivity index (χ0) is 13.8. The SMILES string of the molecule is CCNC(CSc1nnc2ccccn12)C1CCCC1. The summed E-state index contributed by atoms with van der Waals surface area (Å²) >= 11 is 1.82. The molecule has 2 aromatic heterocycles. The van der Waals surface area contributed by atoms with Crippen LogP contribution in [0.3, 0.4) is 0 Å². The maximum Gasteiger partial charge on any atom is 0.195 e. The van der Waals surface area contributed by atoms with Crippen LogP contribution in [-0.4, -0.2) is 32.9 Å². The Hall–Kier alpha value is -1.07. The lowest BCUT2D eigenvalue weighted by atomic mass is 10.00. The van der Waals surface area contributed by atoms with Gasteiger partial charge >= 0.3 is 0 Å². The number of pyridine rings is 1. The molecular weight excluding hydrogens is 268 g/mol. The van der Waals surface area contributed by atoms with Crippen molar-refractivity contribution in [2.24, 2.45) is 5.92 Å². The van der Waals surface area contributed by atoms with E-state index in [1.54, 1.807) is 0 Å². The monoisotopic (exact) mass is 290 g/mol. The Balaban J connectivity index is 1.67. The molecule has 1 N–H and O–H groups in total. The van der Waals surface area contributed by atoms with Crippen LogP contribution in [-0.2, 0) is 0 Å². The molecular formula is C15H22N4S. The van der Waals surface area contributed by atoms with E-state index in [1.807, 2.05) is 36.2 Å². The summed E-state index contributed by atoms with van der Waals surface area (Å²) in [5.41, 5.74) is 0.927. The molecule has 0 spiro atoms. The largest absolute Gasteiger partial charge is 0.313 e. The van der Waals surface area contributed by atoms with E-state index in [2.05, 4.69) is 26.8 Å². The van der Waals surface area contributed by atoms with Crippen LogP contribution in [0.1, 0.15) is 32.6 Å². The summed E-state index contributed by atoms with van der Waals surface area (Å²) in [6.45, 7) is 3.24. The number of nitrogens with one attached hydrogen (secondary N) is 1. The normalized spacial score (nSPS) is 17.9. The van der Waals surface area contributed by atoms with Gasteiger partial charge in [0.2, 0.25) is 0 Å². The van der Waals surface area contributed by atoms with Gasteiger partial charge in [0, 0.05) is 18.0 Å². The highest BCUT2D eigenvalue weighted by Gasteiger charge is 2.24. The number of nitrogens with zero attached hydrogens (tertiary/aromatic N) is 3. The molecule has 1 fully saturated rings. The molecule has 0 aliphatic heterocycles.